The number of aromatic nitrogens is 3. The van der Waals surface area contributed by atoms with Crippen molar-refractivity contribution < 1.29 is 0 Å². The van der Waals surface area contributed by atoms with Crippen molar-refractivity contribution in [2.75, 3.05) is 0 Å². The molecular formula is C21H16N6. The Labute approximate surface area is 156 Å². The third-order valence-corrected chi connectivity index (χ3v) is 4.88. The molecule has 130 valence electrons. The van der Waals surface area contributed by atoms with Crippen LogP contribution >= 0.6 is 0 Å². The Morgan fingerprint density at radius 2 is 1.63 bits per heavy atom. The molecule has 3 heterocycles. The van der Waals surface area contributed by atoms with E-state index in [0.717, 1.165) is 39.1 Å². The quantitative estimate of drug-likeness (QED) is 0.728. The van der Waals surface area contributed by atoms with Crippen molar-refractivity contribution in [3.8, 4) is 23.4 Å². The summed E-state index contributed by atoms with van der Waals surface area (Å²) in [5.41, 5.74) is 6.25. The first kappa shape index (κ1) is 16.6. The molecule has 6 heteroatoms. The van der Waals surface area contributed by atoms with E-state index in [2.05, 4.69) is 32.6 Å². The largest absolute Gasteiger partial charge is 0.361 e. The molecule has 1 aliphatic rings. The number of hydrogen-bond donors (Lipinski definition) is 2. The number of nitrogens with zero attached hydrogens (tertiary/aromatic N) is 4. The lowest BCUT2D eigenvalue weighted by Gasteiger charge is -2.26. The van der Waals surface area contributed by atoms with Crippen molar-refractivity contribution >= 4 is 10.9 Å². The van der Waals surface area contributed by atoms with E-state index >= 15 is 0 Å². The van der Waals surface area contributed by atoms with Gasteiger partial charge in [0.15, 0.2) is 0 Å². The number of nitriles is 2. The molecule has 27 heavy (non-hydrogen) atoms. The van der Waals surface area contributed by atoms with Crippen LogP contribution in [0.5, 0.6) is 0 Å². The zero-order valence-corrected chi connectivity index (χ0v) is 14.9. The van der Waals surface area contributed by atoms with Gasteiger partial charge >= 0.3 is 0 Å². The van der Waals surface area contributed by atoms with Gasteiger partial charge in [0.25, 0.3) is 0 Å². The molecule has 4 rings (SSSR count). The normalized spacial score (nSPS) is 14.8. The Kier molecular flexibility index (Phi) is 3.95. The highest BCUT2D eigenvalue weighted by Crippen LogP contribution is 2.39. The van der Waals surface area contributed by atoms with E-state index in [1.807, 2.05) is 44.2 Å². The second-order valence-electron chi connectivity index (χ2n) is 6.47. The van der Waals surface area contributed by atoms with E-state index in [4.69, 9.17) is 0 Å². The van der Waals surface area contributed by atoms with E-state index in [-0.39, 0.29) is 5.92 Å². The van der Waals surface area contributed by atoms with Crippen LogP contribution in [0.1, 0.15) is 25.3 Å². The van der Waals surface area contributed by atoms with Crippen LogP contribution in [0.3, 0.4) is 0 Å². The van der Waals surface area contributed by atoms with Crippen LogP contribution in [-0.2, 0) is 0 Å². The van der Waals surface area contributed by atoms with Crippen molar-refractivity contribution in [3.63, 3.8) is 0 Å². The number of dihydropyridines is 1. The van der Waals surface area contributed by atoms with E-state index in [1.165, 1.54) is 0 Å². The molecule has 0 amide bonds. The van der Waals surface area contributed by atoms with Crippen molar-refractivity contribution in [2.45, 2.75) is 19.8 Å². The summed E-state index contributed by atoms with van der Waals surface area (Å²) in [6, 6.07) is 14.3. The van der Waals surface area contributed by atoms with Gasteiger partial charge in [-0.15, -0.1) is 0 Å². The number of hydrogen-bond acceptors (Lipinski definition) is 5. The lowest BCUT2D eigenvalue weighted by molar-refractivity contribution is 0.815. The van der Waals surface area contributed by atoms with Crippen LogP contribution in [0.15, 0.2) is 65.3 Å². The van der Waals surface area contributed by atoms with Gasteiger partial charge < -0.3 is 5.32 Å². The van der Waals surface area contributed by atoms with E-state index in [9.17, 15) is 10.5 Å². The molecule has 0 bridgehead atoms. The Morgan fingerprint density at radius 1 is 0.963 bits per heavy atom. The summed E-state index contributed by atoms with van der Waals surface area (Å²) in [5, 5.41) is 31.0. The van der Waals surface area contributed by atoms with E-state index in [1.54, 1.807) is 12.4 Å². The molecule has 0 fully saturated rings. The first-order valence-electron chi connectivity index (χ1n) is 8.51. The monoisotopic (exact) mass is 352 g/mol. The Hall–Kier alpha value is -3.90. The van der Waals surface area contributed by atoms with Gasteiger partial charge in [-0.2, -0.15) is 15.6 Å². The number of H-pyrrole nitrogens is 1. The fourth-order valence-corrected chi connectivity index (χ4v) is 3.56. The summed E-state index contributed by atoms with van der Waals surface area (Å²) >= 11 is 0. The summed E-state index contributed by atoms with van der Waals surface area (Å²) in [6.45, 7) is 3.73. The molecule has 6 nitrogen and oxygen atoms in total. The highest BCUT2D eigenvalue weighted by molar-refractivity contribution is 5.93. The van der Waals surface area contributed by atoms with Gasteiger partial charge in [0.05, 0.1) is 34.7 Å². The van der Waals surface area contributed by atoms with Gasteiger partial charge in [0.1, 0.15) is 5.69 Å². The minimum atomic E-state index is -0.383. The third kappa shape index (κ3) is 2.65. The van der Waals surface area contributed by atoms with Gasteiger partial charge in [0, 0.05) is 34.7 Å². The zero-order valence-electron chi connectivity index (χ0n) is 14.9. The topological polar surface area (TPSA) is 101 Å². The number of fused-ring (bicyclic) bond motifs is 1. The van der Waals surface area contributed by atoms with Crippen LogP contribution < -0.4 is 5.32 Å². The van der Waals surface area contributed by atoms with Crippen LogP contribution in [0.2, 0.25) is 0 Å². The smallest absolute Gasteiger partial charge is 0.100 e. The standard InChI is InChI=1S/C21H16N6/c1-12-17(10-22)20(18(11-23)13(2)25-12)15-3-4-19-16(9-15)21(27-26-19)14-5-7-24-8-6-14/h3-9,20,25H,1-2H3,(H,26,27). The molecule has 2 N–H and O–H groups in total. The number of allylic oxidation sites excluding steroid dienone is 4. The van der Waals surface area contributed by atoms with Gasteiger partial charge in [0.2, 0.25) is 0 Å². The number of benzene rings is 1. The predicted octanol–water partition coefficient (Wildman–Crippen LogP) is 3.91. The average Bonchev–Trinajstić information content (AvgIpc) is 3.11. The maximum atomic E-state index is 9.69. The molecule has 1 aliphatic heterocycles. The van der Waals surface area contributed by atoms with Crippen LogP contribution in [0.4, 0.5) is 0 Å². The van der Waals surface area contributed by atoms with Crippen LogP contribution in [-0.4, -0.2) is 15.2 Å². The maximum absolute atomic E-state index is 9.69. The van der Waals surface area contributed by atoms with Crippen molar-refractivity contribution in [1.82, 2.24) is 20.5 Å². The van der Waals surface area contributed by atoms with E-state index in [0.29, 0.717) is 11.1 Å². The number of aromatic amines is 1. The molecule has 0 unspecified atom stereocenters. The highest BCUT2D eigenvalue weighted by Gasteiger charge is 2.29. The fraction of sp³-hybridized carbons (Fsp3) is 0.143. The van der Waals surface area contributed by atoms with Gasteiger partial charge in [-0.25, -0.2) is 0 Å². The predicted molar refractivity (Wildman–Crippen MR) is 102 cm³/mol. The maximum Gasteiger partial charge on any atom is 0.100 e. The van der Waals surface area contributed by atoms with Gasteiger partial charge in [-0.3, -0.25) is 10.1 Å². The summed E-state index contributed by atoms with van der Waals surface area (Å²) in [6.07, 6.45) is 3.46. The first-order chi connectivity index (χ1) is 13.1. The number of rotatable bonds is 2. The number of pyridine rings is 1. The molecule has 1 aromatic carbocycles. The first-order valence-corrected chi connectivity index (χ1v) is 8.51. The molecule has 2 aromatic heterocycles. The van der Waals surface area contributed by atoms with Crippen LogP contribution in [0.25, 0.3) is 22.2 Å². The highest BCUT2D eigenvalue weighted by atomic mass is 15.1. The minimum absolute atomic E-state index is 0.383. The van der Waals surface area contributed by atoms with E-state index < -0.39 is 0 Å². The fourth-order valence-electron chi connectivity index (χ4n) is 3.56. The Morgan fingerprint density at radius 3 is 2.26 bits per heavy atom. The van der Waals surface area contributed by atoms with Gasteiger partial charge in [-0.05, 0) is 43.7 Å². The minimum Gasteiger partial charge on any atom is -0.361 e. The summed E-state index contributed by atoms with van der Waals surface area (Å²) in [5.74, 6) is -0.383. The van der Waals surface area contributed by atoms with Crippen LogP contribution in [0, 0.1) is 22.7 Å². The summed E-state index contributed by atoms with van der Waals surface area (Å²) < 4.78 is 0. The number of nitrogens with one attached hydrogen (secondary N) is 2. The van der Waals surface area contributed by atoms with Crippen molar-refractivity contribution in [1.29, 1.82) is 10.5 Å². The zero-order chi connectivity index (χ0) is 19.0. The Balaban J connectivity index is 1.93. The lowest BCUT2D eigenvalue weighted by atomic mass is 9.81. The third-order valence-electron chi connectivity index (χ3n) is 4.88. The molecule has 0 radical (unpaired) electrons. The van der Waals surface area contributed by atoms with Gasteiger partial charge in [-0.1, -0.05) is 6.07 Å². The molecule has 3 aromatic rings. The summed E-state index contributed by atoms with van der Waals surface area (Å²) in [4.78, 5) is 4.06. The molecule has 0 atom stereocenters. The second kappa shape index (κ2) is 6.44. The SMILES string of the molecule is CC1=C(C#N)C(c2ccc3[nH]nc(-c4ccncc4)c3c2)C(C#N)=C(C)N1. The summed E-state index contributed by atoms with van der Waals surface area (Å²) in [7, 11) is 0. The molecular weight excluding hydrogens is 336 g/mol. The molecule has 0 saturated heterocycles. The average molecular weight is 352 g/mol. The second-order valence-corrected chi connectivity index (χ2v) is 6.47. The van der Waals surface area contributed by atoms with Crippen molar-refractivity contribution in [3.05, 3.63) is 70.8 Å². The molecule has 0 aliphatic carbocycles. The lowest BCUT2D eigenvalue weighted by Crippen LogP contribution is -2.23. The Bertz CT molecular complexity index is 1150. The molecule has 0 spiro atoms. The molecule has 0 saturated carbocycles. The van der Waals surface area contributed by atoms with Crippen molar-refractivity contribution in [2.24, 2.45) is 0 Å².